The van der Waals surface area contributed by atoms with Gasteiger partial charge in [0.05, 0.1) is 11.4 Å². The van der Waals surface area contributed by atoms with E-state index in [1.165, 1.54) is 21.9 Å². The Hall–Kier alpha value is -2.22. The summed E-state index contributed by atoms with van der Waals surface area (Å²) in [6, 6.07) is 13.4. The largest absolute Gasteiger partial charge is 0.325 e. The van der Waals surface area contributed by atoms with Crippen molar-refractivity contribution in [1.29, 1.82) is 0 Å². The van der Waals surface area contributed by atoms with E-state index in [9.17, 15) is 13.2 Å². The van der Waals surface area contributed by atoms with Crippen LogP contribution < -0.4 is 5.32 Å². The third kappa shape index (κ3) is 5.05. The number of fused-ring (bicyclic) bond motifs is 1. The van der Waals surface area contributed by atoms with Gasteiger partial charge in [-0.2, -0.15) is 4.31 Å². The third-order valence-electron chi connectivity index (χ3n) is 6.78. The zero-order chi connectivity index (χ0) is 22.7. The number of nitrogens with zero attached hydrogens (tertiary/aromatic N) is 2. The molecule has 7 heteroatoms. The minimum Gasteiger partial charge on any atom is -0.325 e. The van der Waals surface area contributed by atoms with E-state index in [1.54, 1.807) is 12.1 Å². The molecule has 1 fully saturated rings. The number of rotatable bonds is 7. The van der Waals surface area contributed by atoms with Crippen LogP contribution >= 0.6 is 0 Å². The smallest absolute Gasteiger partial charge is 0.243 e. The summed E-state index contributed by atoms with van der Waals surface area (Å²) < 4.78 is 27.6. The summed E-state index contributed by atoms with van der Waals surface area (Å²) in [6.45, 7) is 6.41. The van der Waals surface area contributed by atoms with Gasteiger partial charge < -0.3 is 5.32 Å². The summed E-state index contributed by atoms with van der Waals surface area (Å²) >= 11 is 0. The van der Waals surface area contributed by atoms with Gasteiger partial charge in [0.1, 0.15) is 0 Å². The molecule has 2 aromatic rings. The van der Waals surface area contributed by atoms with Crippen LogP contribution in [0.15, 0.2) is 47.4 Å². The monoisotopic (exact) mass is 455 g/mol. The highest BCUT2D eigenvalue weighted by Crippen LogP contribution is 2.25. The molecular formula is C25H33N3O3S. The molecule has 1 atom stereocenters. The fraction of sp³-hybridized carbons (Fsp3) is 0.480. The summed E-state index contributed by atoms with van der Waals surface area (Å²) in [5, 5.41) is 2.99. The molecule has 1 saturated heterocycles. The number of piperazine rings is 1. The maximum absolute atomic E-state index is 13.0. The molecule has 0 saturated carbocycles. The molecule has 2 aliphatic rings. The molecule has 4 rings (SSSR count). The third-order valence-corrected chi connectivity index (χ3v) is 8.69. The molecule has 0 aromatic heterocycles. The predicted octanol–water partition coefficient (Wildman–Crippen LogP) is 3.63. The van der Waals surface area contributed by atoms with Gasteiger partial charge in [-0.25, -0.2) is 8.42 Å². The molecule has 1 aliphatic heterocycles. The predicted molar refractivity (Wildman–Crippen MR) is 127 cm³/mol. The van der Waals surface area contributed by atoms with Crippen molar-refractivity contribution in [3.63, 3.8) is 0 Å². The lowest BCUT2D eigenvalue weighted by Gasteiger charge is -2.33. The van der Waals surface area contributed by atoms with Crippen LogP contribution in [0.5, 0.6) is 0 Å². The molecule has 0 radical (unpaired) electrons. The van der Waals surface area contributed by atoms with Gasteiger partial charge in [0, 0.05) is 31.9 Å². The van der Waals surface area contributed by atoms with E-state index in [-0.39, 0.29) is 12.5 Å². The summed E-state index contributed by atoms with van der Waals surface area (Å²) in [7, 11) is -3.51. The fourth-order valence-electron chi connectivity index (χ4n) is 4.53. The Balaban J connectivity index is 1.30. The Morgan fingerprint density at radius 1 is 1.00 bits per heavy atom. The molecule has 172 valence electrons. The highest BCUT2D eigenvalue weighted by atomic mass is 32.2. The number of carbonyl (C=O) groups excluding carboxylic acids is 1. The minimum absolute atomic E-state index is 0.0557. The van der Waals surface area contributed by atoms with Gasteiger partial charge in [-0.1, -0.05) is 32.0 Å². The summed E-state index contributed by atoms with van der Waals surface area (Å²) in [6.07, 6.45) is 4.41. The van der Waals surface area contributed by atoms with Crippen LogP contribution in [0.4, 0.5) is 5.69 Å². The van der Waals surface area contributed by atoms with Crippen molar-refractivity contribution in [2.45, 2.75) is 50.3 Å². The van der Waals surface area contributed by atoms with Gasteiger partial charge in [0.2, 0.25) is 15.9 Å². The highest BCUT2D eigenvalue weighted by molar-refractivity contribution is 7.89. The van der Waals surface area contributed by atoms with Crippen molar-refractivity contribution in [3.05, 3.63) is 59.2 Å². The lowest BCUT2D eigenvalue weighted by atomic mass is 9.99. The van der Waals surface area contributed by atoms with Crippen LogP contribution in [-0.2, 0) is 27.7 Å². The van der Waals surface area contributed by atoms with Crippen molar-refractivity contribution < 1.29 is 13.2 Å². The molecule has 1 heterocycles. The number of hydrogen-bond donors (Lipinski definition) is 1. The van der Waals surface area contributed by atoms with E-state index < -0.39 is 10.0 Å². The van der Waals surface area contributed by atoms with E-state index in [0.29, 0.717) is 37.0 Å². The SMILES string of the molecule is CC[C@H](C)c1ccc(S(=O)(=O)N2CCN(CC(=O)Nc3ccc4c(c3)CCC4)CC2)cc1. The maximum atomic E-state index is 13.0. The quantitative estimate of drug-likeness (QED) is 0.692. The van der Waals surface area contributed by atoms with Crippen LogP contribution in [0.25, 0.3) is 0 Å². The Bertz CT molecular complexity index is 1060. The number of benzene rings is 2. The topological polar surface area (TPSA) is 69.7 Å². The molecule has 1 amide bonds. The van der Waals surface area contributed by atoms with Crippen molar-refractivity contribution in [3.8, 4) is 0 Å². The van der Waals surface area contributed by atoms with Gasteiger partial charge in [0.25, 0.3) is 0 Å². The van der Waals surface area contributed by atoms with Crippen molar-refractivity contribution in [2.75, 3.05) is 38.0 Å². The number of aryl methyl sites for hydroxylation is 2. The molecule has 1 aliphatic carbocycles. The standard InChI is InChI=1S/C25H33N3O3S/c1-3-19(2)20-8-11-24(12-9-20)32(30,31)28-15-13-27(14-16-28)18-25(29)26-23-10-7-21-5-4-6-22(21)17-23/h7-12,17,19H,3-6,13-16,18H2,1-2H3,(H,26,29)/t19-/m0/s1. The lowest BCUT2D eigenvalue weighted by molar-refractivity contribution is -0.117. The van der Waals surface area contributed by atoms with Crippen molar-refractivity contribution >= 4 is 21.6 Å². The van der Waals surface area contributed by atoms with Crippen LogP contribution in [0.3, 0.4) is 0 Å². The van der Waals surface area contributed by atoms with Crippen LogP contribution in [0.2, 0.25) is 0 Å². The fourth-order valence-corrected chi connectivity index (χ4v) is 5.96. The maximum Gasteiger partial charge on any atom is 0.243 e. The lowest BCUT2D eigenvalue weighted by Crippen LogP contribution is -2.50. The van der Waals surface area contributed by atoms with Crippen LogP contribution in [0.1, 0.15) is 49.3 Å². The Kier molecular flexibility index (Phi) is 6.98. The zero-order valence-electron chi connectivity index (χ0n) is 19.0. The summed E-state index contributed by atoms with van der Waals surface area (Å²) in [5.41, 5.74) is 4.72. The van der Waals surface area contributed by atoms with Crippen LogP contribution in [-0.4, -0.2) is 56.3 Å². The Morgan fingerprint density at radius 3 is 2.38 bits per heavy atom. The molecule has 0 spiro atoms. The second-order valence-electron chi connectivity index (χ2n) is 8.94. The number of carbonyl (C=O) groups is 1. The van der Waals surface area contributed by atoms with Crippen LogP contribution in [0, 0.1) is 0 Å². The number of sulfonamides is 1. The second kappa shape index (κ2) is 9.73. The van der Waals surface area contributed by atoms with E-state index in [0.717, 1.165) is 30.5 Å². The number of nitrogens with one attached hydrogen (secondary N) is 1. The molecule has 0 bridgehead atoms. The van der Waals surface area contributed by atoms with E-state index >= 15 is 0 Å². The van der Waals surface area contributed by atoms with Gasteiger partial charge in [-0.05, 0) is 72.6 Å². The molecule has 6 nitrogen and oxygen atoms in total. The highest BCUT2D eigenvalue weighted by Gasteiger charge is 2.29. The molecule has 1 N–H and O–H groups in total. The number of amides is 1. The average molecular weight is 456 g/mol. The van der Waals surface area contributed by atoms with E-state index in [2.05, 4.69) is 31.3 Å². The van der Waals surface area contributed by atoms with E-state index in [1.807, 2.05) is 23.1 Å². The van der Waals surface area contributed by atoms with Crippen molar-refractivity contribution in [1.82, 2.24) is 9.21 Å². The molecular weight excluding hydrogens is 422 g/mol. The summed E-state index contributed by atoms with van der Waals surface area (Å²) in [4.78, 5) is 14.9. The molecule has 0 unspecified atom stereocenters. The number of anilines is 1. The Morgan fingerprint density at radius 2 is 1.69 bits per heavy atom. The van der Waals surface area contributed by atoms with Gasteiger partial charge in [0.15, 0.2) is 0 Å². The van der Waals surface area contributed by atoms with Gasteiger partial charge in [-0.3, -0.25) is 9.69 Å². The van der Waals surface area contributed by atoms with Gasteiger partial charge >= 0.3 is 0 Å². The number of hydrogen-bond acceptors (Lipinski definition) is 4. The minimum atomic E-state index is -3.51. The first-order chi connectivity index (χ1) is 15.4. The van der Waals surface area contributed by atoms with Crippen molar-refractivity contribution in [2.24, 2.45) is 0 Å². The molecule has 32 heavy (non-hydrogen) atoms. The average Bonchev–Trinajstić information content (AvgIpc) is 3.27. The summed E-state index contributed by atoms with van der Waals surface area (Å²) in [5.74, 6) is 0.359. The second-order valence-corrected chi connectivity index (χ2v) is 10.9. The van der Waals surface area contributed by atoms with Gasteiger partial charge in [-0.15, -0.1) is 0 Å². The zero-order valence-corrected chi connectivity index (χ0v) is 19.8. The van der Waals surface area contributed by atoms with E-state index in [4.69, 9.17) is 0 Å². The normalized spacial score (nSPS) is 18.3. The molecule has 2 aromatic carbocycles. The Labute approximate surface area is 191 Å². The first-order valence-electron chi connectivity index (χ1n) is 11.6. The first kappa shape index (κ1) is 23.0. The first-order valence-corrected chi connectivity index (χ1v) is 13.0.